The van der Waals surface area contributed by atoms with Crippen molar-refractivity contribution in [2.75, 3.05) is 6.54 Å². The lowest BCUT2D eigenvalue weighted by atomic mass is 9.94. The third-order valence-corrected chi connectivity index (χ3v) is 3.92. The molecule has 90 valence electrons. The van der Waals surface area contributed by atoms with E-state index in [1.54, 1.807) is 6.92 Å². The molecule has 1 aliphatic carbocycles. The Labute approximate surface area is 95.6 Å². The van der Waals surface area contributed by atoms with Crippen LogP contribution in [0.3, 0.4) is 0 Å². The summed E-state index contributed by atoms with van der Waals surface area (Å²) in [5.41, 5.74) is -0.956. The van der Waals surface area contributed by atoms with E-state index < -0.39 is 5.60 Å². The molecule has 2 fully saturated rings. The first-order valence-corrected chi connectivity index (χ1v) is 6.02. The maximum atomic E-state index is 12.0. The molecule has 2 rings (SSSR count). The van der Waals surface area contributed by atoms with Crippen molar-refractivity contribution in [2.45, 2.75) is 45.1 Å². The van der Waals surface area contributed by atoms with Crippen molar-refractivity contribution in [1.29, 1.82) is 0 Å². The van der Waals surface area contributed by atoms with Crippen LogP contribution in [0.2, 0.25) is 0 Å². The molecule has 2 aliphatic rings. The van der Waals surface area contributed by atoms with Gasteiger partial charge in [-0.15, -0.1) is 0 Å². The van der Waals surface area contributed by atoms with Crippen LogP contribution in [-0.2, 0) is 9.59 Å². The highest BCUT2D eigenvalue weighted by atomic mass is 16.3. The lowest BCUT2D eigenvalue weighted by Gasteiger charge is -2.34. The molecular formula is C12H19NO3. The molecular weight excluding hydrogens is 206 g/mol. The van der Waals surface area contributed by atoms with Crippen LogP contribution in [0.4, 0.5) is 0 Å². The molecule has 16 heavy (non-hydrogen) atoms. The van der Waals surface area contributed by atoms with Crippen molar-refractivity contribution in [3.05, 3.63) is 0 Å². The molecule has 3 atom stereocenters. The van der Waals surface area contributed by atoms with E-state index in [4.69, 9.17) is 0 Å². The number of imide groups is 1. The largest absolute Gasteiger partial charge is 0.388 e. The van der Waals surface area contributed by atoms with Crippen molar-refractivity contribution in [1.82, 2.24) is 4.90 Å². The molecule has 0 aromatic rings. The van der Waals surface area contributed by atoms with Gasteiger partial charge in [0.15, 0.2) is 0 Å². The van der Waals surface area contributed by atoms with E-state index in [2.05, 4.69) is 0 Å². The lowest BCUT2D eigenvalue weighted by molar-refractivity contribution is -0.156. The van der Waals surface area contributed by atoms with Crippen molar-refractivity contribution in [3.8, 4) is 0 Å². The molecule has 1 saturated heterocycles. The fourth-order valence-corrected chi connectivity index (χ4v) is 2.59. The quantitative estimate of drug-likeness (QED) is 0.727. The Hall–Kier alpha value is -0.900. The van der Waals surface area contributed by atoms with Crippen molar-refractivity contribution in [3.63, 3.8) is 0 Å². The fraction of sp³-hybridized carbons (Fsp3) is 0.833. The van der Waals surface area contributed by atoms with Crippen LogP contribution in [-0.4, -0.2) is 34.0 Å². The van der Waals surface area contributed by atoms with Gasteiger partial charge >= 0.3 is 0 Å². The van der Waals surface area contributed by atoms with Crippen LogP contribution >= 0.6 is 0 Å². The minimum Gasteiger partial charge on any atom is -0.388 e. The van der Waals surface area contributed by atoms with E-state index in [9.17, 15) is 14.7 Å². The second-order valence-corrected chi connectivity index (χ2v) is 5.32. The molecule has 4 nitrogen and oxygen atoms in total. The summed E-state index contributed by atoms with van der Waals surface area (Å²) in [6.45, 7) is 3.67. The summed E-state index contributed by atoms with van der Waals surface area (Å²) in [6.07, 6.45) is 2.93. The zero-order valence-corrected chi connectivity index (χ0v) is 9.90. The molecule has 3 unspecified atom stereocenters. The number of piperidine rings is 1. The molecule has 2 bridgehead atoms. The summed E-state index contributed by atoms with van der Waals surface area (Å²) in [4.78, 5) is 25.2. The SMILES string of the molecule is CCC(C)(O)CN1C(=O)C2CCC(C2)C1=O. The van der Waals surface area contributed by atoms with Gasteiger partial charge in [0, 0.05) is 11.8 Å². The molecule has 4 heteroatoms. The number of hydrogen-bond donors (Lipinski definition) is 1. The predicted octanol–water partition coefficient (Wildman–Crippen LogP) is 0.933. The summed E-state index contributed by atoms with van der Waals surface area (Å²) in [5.74, 6) is -0.106. The van der Waals surface area contributed by atoms with Gasteiger partial charge in [-0.1, -0.05) is 6.92 Å². The smallest absolute Gasteiger partial charge is 0.232 e. The highest BCUT2D eigenvalue weighted by molar-refractivity contribution is 6.00. The molecule has 1 aliphatic heterocycles. The summed E-state index contributed by atoms with van der Waals surface area (Å²) in [7, 11) is 0. The lowest BCUT2D eigenvalue weighted by Crippen LogP contribution is -2.52. The van der Waals surface area contributed by atoms with Gasteiger partial charge in [-0.2, -0.15) is 0 Å². The average Bonchev–Trinajstić information content (AvgIpc) is 2.69. The zero-order valence-electron chi connectivity index (χ0n) is 9.90. The number of fused-ring (bicyclic) bond motifs is 2. The first-order valence-electron chi connectivity index (χ1n) is 6.02. The number of β-amino-alcohol motifs (C(OH)–C–C–N with tert-alkyl or cyclic N) is 1. The number of amides is 2. The van der Waals surface area contributed by atoms with E-state index in [1.165, 1.54) is 4.90 Å². The average molecular weight is 225 g/mol. The fourth-order valence-electron chi connectivity index (χ4n) is 2.59. The second kappa shape index (κ2) is 3.84. The predicted molar refractivity (Wildman–Crippen MR) is 58.5 cm³/mol. The molecule has 1 heterocycles. The molecule has 0 radical (unpaired) electrons. The molecule has 1 N–H and O–H groups in total. The van der Waals surface area contributed by atoms with E-state index >= 15 is 0 Å². The molecule has 2 amide bonds. The number of carbonyl (C=O) groups excluding carboxylic acids is 2. The van der Waals surface area contributed by atoms with Crippen molar-refractivity contribution >= 4 is 11.8 Å². The van der Waals surface area contributed by atoms with Gasteiger partial charge in [0.2, 0.25) is 11.8 Å². The Morgan fingerprint density at radius 1 is 1.31 bits per heavy atom. The van der Waals surface area contributed by atoms with E-state index in [1.807, 2.05) is 6.92 Å². The maximum absolute atomic E-state index is 12.0. The van der Waals surface area contributed by atoms with Crippen LogP contribution in [0.25, 0.3) is 0 Å². The Balaban J connectivity index is 2.14. The van der Waals surface area contributed by atoms with E-state index in [-0.39, 0.29) is 30.2 Å². The maximum Gasteiger partial charge on any atom is 0.232 e. The molecule has 1 saturated carbocycles. The van der Waals surface area contributed by atoms with Gasteiger partial charge in [-0.3, -0.25) is 14.5 Å². The highest BCUT2D eigenvalue weighted by Gasteiger charge is 2.46. The summed E-state index contributed by atoms with van der Waals surface area (Å²) >= 11 is 0. The van der Waals surface area contributed by atoms with E-state index in [0.29, 0.717) is 6.42 Å². The minimum atomic E-state index is -0.956. The molecule has 0 spiro atoms. The first kappa shape index (κ1) is 11.6. The first-order chi connectivity index (χ1) is 7.44. The monoisotopic (exact) mass is 225 g/mol. The summed E-state index contributed by atoms with van der Waals surface area (Å²) < 4.78 is 0. The van der Waals surface area contributed by atoms with Gasteiger partial charge < -0.3 is 5.11 Å². The standard InChI is InChI=1S/C12H19NO3/c1-3-12(2,16)7-13-10(14)8-4-5-9(6-8)11(13)15/h8-9,16H,3-7H2,1-2H3. The minimum absolute atomic E-state index is 0.0235. The Bertz CT molecular complexity index is 302. The van der Waals surface area contributed by atoms with Gasteiger partial charge in [0.25, 0.3) is 0 Å². The van der Waals surface area contributed by atoms with Crippen LogP contribution in [0, 0.1) is 11.8 Å². The van der Waals surface area contributed by atoms with Crippen molar-refractivity contribution < 1.29 is 14.7 Å². The third-order valence-electron chi connectivity index (χ3n) is 3.92. The Morgan fingerprint density at radius 3 is 2.25 bits per heavy atom. The van der Waals surface area contributed by atoms with Crippen LogP contribution < -0.4 is 0 Å². The molecule has 0 aromatic heterocycles. The number of likely N-dealkylation sites (tertiary alicyclic amines) is 1. The summed E-state index contributed by atoms with van der Waals surface area (Å²) in [5, 5.41) is 9.96. The second-order valence-electron chi connectivity index (χ2n) is 5.32. The van der Waals surface area contributed by atoms with Gasteiger partial charge in [-0.25, -0.2) is 0 Å². The summed E-state index contributed by atoms with van der Waals surface area (Å²) in [6, 6.07) is 0. The third kappa shape index (κ3) is 1.86. The van der Waals surface area contributed by atoms with Gasteiger partial charge in [0.05, 0.1) is 12.1 Å². The molecule has 0 aromatic carbocycles. The van der Waals surface area contributed by atoms with Gasteiger partial charge in [-0.05, 0) is 32.6 Å². The normalized spacial score (nSPS) is 33.1. The number of hydrogen-bond acceptors (Lipinski definition) is 3. The van der Waals surface area contributed by atoms with Crippen LogP contribution in [0.5, 0.6) is 0 Å². The van der Waals surface area contributed by atoms with E-state index in [0.717, 1.165) is 19.3 Å². The number of rotatable bonds is 3. The highest BCUT2D eigenvalue weighted by Crippen LogP contribution is 2.38. The topological polar surface area (TPSA) is 57.6 Å². The Morgan fingerprint density at radius 2 is 1.81 bits per heavy atom. The van der Waals surface area contributed by atoms with Crippen LogP contribution in [0.15, 0.2) is 0 Å². The zero-order chi connectivity index (χ0) is 11.9. The number of nitrogens with zero attached hydrogens (tertiary/aromatic N) is 1. The van der Waals surface area contributed by atoms with Crippen LogP contribution in [0.1, 0.15) is 39.5 Å². The van der Waals surface area contributed by atoms with Gasteiger partial charge in [0.1, 0.15) is 0 Å². The van der Waals surface area contributed by atoms with Crippen molar-refractivity contribution in [2.24, 2.45) is 11.8 Å². The Kier molecular flexibility index (Phi) is 2.78. The number of aliphatic hydroxyl groups is 1. The number of carbonyl (C=O) groups is 2.